The lowest BCUT2D eigenvalue weighted by atomic mass is 9.84. The third-order valence-corrected chi connectivity index (χ3v) is 4.52. The topological polar surface area (TPSA) is 78.9 Å². The second-order valence-electron chi connectivity index (χ2n) is 8.00. The summed E-state index contributed by atoms with van der Waals surface area (Å²) < 4.78 is 42.7. The number of Topliss-reactive ketones (excluding diaryl/α,β-unsaturated/α-hetero) is 1. The number of carbonyl (C=O) groups is 3. The van der Waals surface area contributed by atoms with Gasteiger partial charge in [-0.25, -0.2) is 8.78 Å². The minimum atomic E-state index is -0.901. The van der Waals surface area contributed by atoms with Crippen molar-refractivity contribution in [1.29, 1.82) is 0 Å². The number of rotatable bonds is 7. The highest BCUT2D eigenvalue weighted by Gasteiger charge is 2.35. The van der Waals surface area contributed by atoms with Gasteiger partial charge in [0, 0.05) is 13.2 Å². The zero-order chi connectivity index (χ0) is 21.6. The fourth-order valence-electron chi connectivity index (χ4n) is 3.16. The Hall–Kier alpha value is -2.35. The second-order valence-corrected chi connectivity index (χ2v) is 8.00. The van der Waals surface area contributed by atoms with Crippen molar-refractivity contribution < 1.29 is 37.4 Å². The molecular formula is C21H26F2O6. The molecule has 0 unspecified atom stereocenters. The molecule has 160 valence electrons. The Balaban J connectivity index is 2.05. The zero-order valence-corrected chi connectivity index (χ0v) is 16.8. The molecule has 0 aliphatic carbocycles. The molecule has 0 spiro atoms. The van der Waals surface area contributed by atoms with Crippen molar-refractivity contribution in [2.75, 3.05) is 19.8 Å². The smallest absolute Gasteiger partial charge is 0.310 e. The summed E-state index contributed by atoms with van der Waals surface area (Å²) in [6, 6.07) is 2.47. The summed E-state index contributed by atoms with van der Waals surface area (Å²) in [5.74, 6) is -4.79. The normalized spacial score (nSPS) is 16.2. The third kappa shape index (κ3) is 7.20. The molecule has 29 heavy (non-hydrogen) atoms. The molecule has 1 heterocycles. The molecule has 1 aliphatic heterocycles. The highest BCUT2D eigenvalue weighted by Crippen LogP contribution is 2.29. The zero-order valence-electron chi connectivity index (χ0n) is 16.8. The largest absolute Gasteiger partial charge is 0.460 e. The van der Waals surface area contributed by atoms with E-state index >= 15 is 0 Å². The molecule has 0 N–H and O–H groups in total. The first kappa shape index (κ1) is 22.9. The van der Waals surface area contributed by atoms with E-state index in [4.69, 9.17) is 14.2 Å². The first-order chi connectivity index (χ1) is 13.6. The Bertz CT molecular complexity index is 750. The van der Waals surface area contributed by atoms with E-state index in [1.807, 2.05) is 0 Å². The maximum absolute atomic E-state index is 13.7. The maximum Gasteiger partial charge on any atom is 0.310 e. The second kappa shape index (κ2) is 9.91. The quantitative estimate of drug-likeness (QED) is 0.504. The average molecular weight is 412 g/mol. The van der Waals surface area contributed by atoms with Crippen LogP contribution in [0.2, 0.25) is 0 Å². The fraction of sp³-hybridized carbons (Fsp3) is 0.571. The first-order valence-corrected chi connectivity index (χ1v) is 9.51. The molecule has 1 atom stereocenters. The number of hydrogen-bond acceptors (Lipinski definition) is 6. The molecule has 0 aromatic heterocycles. The number of benzene rings is 1. The van der Waals surface area contributed by atoms with Gasteiger partial charge in [0.1, 0.15) is 17.2 Å². The first-order valence-electron chi connectivity index (χ1n) is 9.51. The van der Waals surface area contributed by atoms with Crippen LogP contribution >= 0.6 is 0 Å². The van der Waals surface area contributed by atoms with Crippen molar-refractivity contribution in [1.82, 2.24) is 0 Å². The minimum Gasteiger partial charge on any atom is -0.460 e. The summed E-state index contributed by atoms with van der Waals surface area (Å²) in [4.78, 5) is 37.0. The van der Waals surface area contributed by atoms with Crippen LogP contribution in [0.4, 0.5) is 8.78 Å². The Morgan fingerprint density at radius 3 is 2.45 bits per heavy atom. The Kier molecular flexibility index (Phi) is 7.84. The van der Waals surface area contributed by atoms with Gasteiger partial charge in [-0.3, -0.25) is 14.4 Å². The molecule has 2 rings (SSSR count). The number of carbonyl (C=O) groups excluding carboxylic acids is 3. The Morgan fingerprint density at radius 1 is 1.17 bits per heavy atom. The van der Waals surface area contributed by atoms with Crippen LogP contribution in [0.3, 0.4) is 0 Å². The van der Waals surface area contributed by atoms with Crippen LogP contribution in [0.25, 0.3) is 0 Å². The molecule has 1 saturated heterocycles. The average Bonchev–Trinajstić information content (AvgIpc) is 2.65. The fourth-order valence-corrected chi connectivity index (χ4v) is 3.16. The van der Waals surface area contributed by atoms with E-state index in [2.05, 4.69) is 0 Å². The van der Waals surface area contributed by atoms with Crippen LogP contribution in [0.5, 0.6) is 0 Å². The molecule has 1 fully saturated rings. The van der Waals surface area contributed by atoms with E-state index in [1.165, 1.54) is 0 Å². The van der Waals surface area contributed by atoms with Gasteiger partial charge in [-0.05, 0) is 57.7 Å². The Labute approximate surface area is 168 Å². The molecule has 1 aliphatic rings. The van der Waals surface area contributed by atoms with Gasteiger partial charge in [0.25, 0.3) is 0 Å². The van der Waals surface area contributed by atoms with Crippen LogP contribution in [0.15, 0.2) is 18.2 Å². The standard InChI is InChI=1S/C21H26F2O6/c1-21(2,3)29-19(25)11-15(13-6-8-27-9-7-13)20(26)28-12-18(24)16-10-14(22)4-5-17(16)23/h4-5,10,13,15H,6-9,11-12H2,1-3H3/t15-/m1/s1. The molecular weight excluding hydrogens is 386 g/mol. The van der Waals surface area contributed by atoms with E-state index in [1.54, 1.807) is 20.8 Å². The van der Waals surface area contributed by atoms with Crippen LogP contribution in [0.1, 0.15) is 50.4 Å². The molecule has 1 aromatic carbocycles. The highest BCUT2D eigenvalue weighted by molar-refractivity contribution is 5.98. The molecule has 0 amide bonds. The van der Waals surface area contributed by atoms with E-state index in [-0.39, 0.29) is 12.3 Å². The molecule has 6 nitrogen and oxygen atoms in total. The number of ether oxygens (including phenoxy) is 3. The number of hydrogen-bond donors (Lipinski definition) is 0. The van der Waals surface area contributed by atoms with Crippen molar-refractivity contribution in [2.45, 2.75) is 45.6 Å². The summed E-state index contributed by atoms with van der Waals surface area (Å²) in [6.07, 6.45) is 0.938. The summed E-state index contributed by atoms with van der Waals surface area (Å²) in [6.45, 7) is 5.33. The minimum absolute atomic E-state index is 0.162. The summed E-state index contributed by atoms with van der Waals surface area (Å²) in [7, 11) is 0. The number of halogens is 2. The van der Waals surface area contributed by atoms with Gasteiger partial charge in [-0.1, -0.05) is 0 Å². The van der Waals surface area contributed by atoms with Crippen molar-refractivity contribution in [3.63, 3.8) is 0 Å². The van der Waals surface area contributed by atoms with Gasteiger partial charge in [0.05, 0.1) is 17.9 Å². The lowest BCUT2D eigenvalue weighted by molar-refractivity contribution is -0.163. The van der Waals surface area contributed by atoms with Gasteiger partial charge in [-0.2, -0.15) is 0 Å². The van der Waals surface area contributed by atoms with Crippen molar-refractivity contribution in [2.24, 2.45) is 11.8 Å². The summed E-state index contributed by atoms with van der Waals surface area (Å²) in [5.41, 5.74) is -1.20. The van der Waals surface area contributed by atoms with Gasteiger partial charge < -0.3 is 14.2 Å². The summed E-state index contributed by atoms with van der Waals surface area (Å²) >= 11 is 0. The van der Waals surface area contributed by atoms with Crippen LogP contribution in [0, 0.1) is 23.5 Å². The van der Waals surface area contributed by atoms with Gasteiger partial charge >= 0.3 is 11.9 Å². The van der Waals surface area contributed by atoms with E-state index in [0.717, 1.165) is 18.2 Å². The van der Waals surface area contributed by atoms with E-state index in [9.17, 15) is 23.2 Å². The molecule has 8 heteroatoms. The van der Waals surface area contributed by atoms with Crippen LogP contribution in [-0.2, 0) is 23.8 Å². The van der Waals surface area contributed by atoms with Crippen molar-refractivity contribution in [3.05, 3.63) is 35.4 Å². The van der Waals surface area contributed by atoms with Crippen LogP contribution < -0.4 is 0 Å². The maximum atomic E-state index is 13.7. The molecule has 1 aromatic rings. The van der Waals surface area contributed by atoms with E-state index in [0.29, 0.717) is 26.1 Å². The SMILES string of the molecule is CC(C)(C)OC(=O)C[C@@H](C(=O)OCC(=O)c1cc(F)ccc1F)C1CCOCC1. The Morgan fingerprint density at radius 2 is 1.83 bits per heavy atom. The van der Waals surface area contributed by atoms with Gasteiger partial charge in [-0.15, -0.1) is 0 Å². The predicted molar refractivity (Wildman–Crippen MR) is 99.1 cm³/mol. The van der Waals surface area contributed by atoms with Crippen molar-refractivity contribution >= 4 is 17.7 Å². The summed E-state index contributed by atoms with van der Waals surface area (Å²) in [5, 5.41) is 0. The van der Waals surface area contributed by atoms with Crippen molar-refractivity contribution in [3.8, 4) is 0 Å². The molecule has 0 radical (unpaired) electrons. The lowest BCUT2D eigenvalue weighted by Crippen LogP contribution is -2.35. The van der Waals surface area contributed by atoms with E-state index < -0.39 is 53.0 Å². The monoisotopic (exact) mass is 412 g/mol. The van der Waals surface area contributed by atoms with Gasteiger partial charge in [0.15, 0.2) is 6.61 Å². The highest BCUT2D eigenvalue weighted by atomic mass is 19.1. The third-order valence-electron chi connectivity index (χ3n) is 4.52. The molecule has 0 saturated carbocycles. The number of esters is 2. The predicted octanol–water partition coefficient (Wildman–Crippen LogP) is 3.47. The van der Waals surface area contributed by atoms with Gasteiger partial charge in [0.2, 0.25) is 5.78 Å². The number of ketones is 1. The lowest BCUT2D eigenvalue weighted by Gasteiger charge is -2.29. The molecule has 0 bridgehead atoms. The van der Waals surface area contributed by atoms with Crippen LogP contribution in [-0.4, -0.2) is 43.1 Å².